The normalized spacial score (nSPS) is 14.2. The number of nitrogens with two attached hydrogens (primary N) is 1. The van der Waals surface area contributed by atoms with Crippen LogP contribution in [0.3, 0.4) is 0 Å². The number of fused-ring (bicyclic) bond motifs is 1. The molecule has 108 valence electrons. The Labute approximate surface area is 125 Å². The number of hydrogen-bond donors (Lipinski definition) is 1. The van der Waals surface area contributed by atoms with Crippen LogP contribution in [0.25, 0.3) is 16.7 Å². The largest absolute Gasteiger partial charge is 0.329 e. The minimum atomic E-state index is -0.130. The number of imidazole rings is 1. The Morgan fingerprint density at radius 1 is 1.05 bits per heavy atom. The van der Waals surface area contributed by atoms with Gasteiger partial charge in [-0.25, -0.2) is 4.98 Å². The number of nitrogens with zero attached hydrogens (tertiary/aromatic N) is 2. The monoisotopic (exact) mass is 279 g/mol. The fraction of sp³-hybridized carbons (Fsp3) is 0.278. The maximum absolute atomic E-state index is 6.07. The number of benzene rings is 2. The van der Waals surface area contributed by atoms with Gasteiger partial charge in [0, 0.05) is 17.6 Å². The van der Waals surface area contributed by atoms with Gasteiger partial charge in [-0.15, -0.1) is 0 Å². The average Bonchev–Trinajstić information content (AvgIpc) is 2.95. The summed E-state index contributed by atoms with van der Waals surface area (Å²) in [5, 5.41) is 0. The predicted molar refractivity (Wildman–Crippen MR) is 87.8 cm³/mol. The summed E-state index contributed by atoms with van der Waals surface area (Å²) in [5.74, 6) is 1.04. The smallest absolute Gasteiger partial charge is 0.121 e. The molecule has 0 bridgehead atoms. The van der Waals surface area contributed by atoms with Gasteiger partial charge in [0.2, 0.25) is 0 Å². The van der Waals surface area contributed by atoms with Crippen LogP contribution in [0.15, 0.2) is 54.6 Å². The van der Waals surface area contributed by atoms with E-state index in [2.05, 4.69) is 60.9 Å². The molecule has 3 aromatic rings. The molecule has 2 aromatic carbocycles. The highest BCUT2D eigenvalue weighted by molar-refractivity contribution is 5.78. The van der Waals surface area contributed by atoms with Crippen molar-refractivity contribution >= 4 is 11.0 Å². The van der Waals surface area contributed by atoms with Crippen LogP contribution in [0.1, 0.15) is 26.1 Å². The Morgan fingerprint density at radius 3 is 2.38 bits per heavy atom. The Balaban J connectivity index is 2.34. The Bertz CT molecular complexity index is 740. The molecule has 0 aliphatic heterocycles. The Morgan fingerprint density at radius 2 is 1.71 bits per heavy atom. The summed E-state index contributed by atoms with van der Waals surface area (Å²) in [4.78, 5) is 4.89. The number of rotatable bonds is 4. The van der Waals surface area contributed by atoms with E-state index >= 15 is 0 Å². The van der Waals surface area contributed by atoms with E-state index in [1.807, 2.05) is 12.1 Å². The zero-order valence-electron chi connectivity index (χ0n) is 12.6. The summed E-state index contributed by atoms with van der Waals surface area (Å²) in [6.07, 6.45) is 0.958. The van der Waals surface area contributed by atoms with Crippen LogP contribution in [-0.4, -0.2) is 16.1 Å². The second-order valence-corrected chi connectivity index (χ2v) is 5.71. The third-order valence-corrected chi connectivity index (χ3v) is 4.35. The van der Waals surface area contributed by atoms with Crippen molar-refractivity contribution in [2.75, 3.05) is 6.54 Å². The van der Waals surface area contributed by atoms with Gasteiger partial charge in [0.15, 0.2) is 0 Å². The van der Waals surface area contributed by atoms with Gasteiger partial charge in [0.05, 0.1) is 11.0 Å². The molecule has 0 saturated carbocycles. The van der Waals surface area contributed by atoms with Crippen LogP contribution in [0.5, 0.6) is 0 Å². The first-order valence-corrected chi connectivity index (χ1v) is 7.43. The average molecular weight is 279 g/mol. The molecular formula is C18H21N3. The third kappa shape index (κ3) is 2.24. The lowest BCUT2D eigenvalue weighted by molar-refractivity contribution is 0.434. The van der Waals surface area contributed by atoms with Crippen molar-refractivity contribution in [1.82, 2.24) is 9.55 Å². The minimum Gasteiger partial charge on any atom is -0.329 e. The van der Waals surface area contributed by atoms with Crippen LogP contribution >= 0.6 is 0 Å². The summed E-state index contributed by atoms with van der Waals surface area (Å²) in [6.45, 7) is 4.94. The highest BCUT2D eigenvalue weighted by atomic mass is 15.1. The molecule has 0 spiro atoms. The van der Waals surface area contributed by atoms with Crippen molar-refractivity contribution in [1.29, 1.82) is 0 Å². The second kappa shape index (κ2) is 5.34. The molecule has 0 radical (unpaired) electrons. The molecule has 1 aromatic heterocycles. The number of hydrogen-bond acceptors (Lipinski definition) is 2. The van der Waals surface area contributed by atoms with Gasteiger partial charge in [-0.2, -0.15) is 0 Å². The van der Waals surface area contributed by atoms with E-state index in [1.165, 1.54) is 0 Å². The van der Waals surface area contributed by atoms with E-state index < -0.39 is 0 Å². The van der Waals surface area contributed by atoms with Crippen LogP contribution in [-0.2, 0) is 5.41 Å². The molecule has 0 aliphatic carbocycles. The van der Waals surface area contributed by atoms with E-state index in [1.54, 1.807) is 0 Å². The third-order valence-electron chi connectivity index (χ3n) is 4.35. The minimum absolute atomic E-state index is 0.130. The van der Waals surface area contributed by atoms with Crippen LogP contribution in [0.4, 0.5) is 0 Å². The molecule has 0 fully saturated rings. The van der Waals surface area contributed by atoms with Crippen molar-refractivity contribution < 1.29 is 0 Å². The first kappa shape index (κ1) is 13.8. The quantitative estimate of drug-likeness (QED) is 0.792. The molecule has 2 N–H and O–H groups in total. The SMILES string of the molecule is CCC(C)(CN)c1nc2ccccc2n1-c1ccccc1. The number of para-hydroxylation sites is 3. The summed E-state index contributed by atoms with van der Waals surface area (Å²) in [7, 11) is 0. The molecule has 3 rings (SSSR count). The van der Waals surface area contributed by atoms with Gasteiger partial charge in [-0.1, -0.05) is 44.2 Å². The van der Waals surface area contributed by atoms with Crippen molar-refractivity contribution in [3.05, 3.63) is 60.4 Å². The molecule has 0 amide bonds. The molecule has 1 heterocycles. The molecule has 1 atom stereocenters. The van der Waals surface area contributed by atoms with Gasteiger partial charge >= 0.3 is 0 Å². The van der Waals surface area contributed by atoms with Gasteiger partial charge in [-0.05, 0) is 30.7 Å². The van der Waals surface area contributed by atoms with E-state index in [0.717, 1.165) is 29.0 Å². The lowest BCUT2D eigenvalue weighted by Crippen LogP contribution is -2.34. The predicted octanol–water partition coefficient (Wildman–Crippen LogP) is 3.65. The van der Waals surface area contributed by atoms with Crippen LogP contribution in [0, 0.1) is 0 Å². The Kier molecular flexibility index (Phi) is 3.52. The standard InChI is InChI=1S/C18H21N3/c1-3-18(2,13-19)17-20-15-11-7-8-12-16(15)21(17)14-9-5-4-6-10-14/h4-12H,3,13,19H2,1-2H3. The Hall–Kier alpha value is -2.13. The first-order valence-electron chi connectivity index (χ1n) is 7.43. The van der Waals surface area contributed by atoms with Gasteiger partial charge in [0.25, 0.3) is 0 Å². The highest BCUT2D eigenvalue weighted by Crippen LogP contribution is 2.31. The lowest BCUT2D eigenvalue weighted by atomic mass is 9.86. The van der Waals surface area contributed by atoms with E-state index in [0.29, 0.717) is 6.54 Å². The zero-order valence-corrected chi connectivity index (χ0v) is 12.6. The second-order valence-electron chi connectivity index (χ2n) is 5.71. The molecule has 3 nitrogen and oxygen atoms in total. The summed E-state index contributed by atoms with van der Waals surface area (Å²) in [6, 6.07) is 18.6. The van der Waals surface area contributed by atoms with E-state index in [-0.39, 0.29) is 5.41 Å². The topological polar surface area (TPSA) is 43.8 Å². The maximum Gasteiger partial charge on any atom is 0.121 e. The lowest BCUT2D eigenvalue weighted by Gasteiger charge is -2.27. The molecule has 3 heteroatoms. The van der Waals surface area contributed by atoms with Crippen molar-refractivity contribution in [3.8, 4) is 5.69 Å². The highest BCUT2D eigenvalue weighted by Gasteiger charge is 2.30. The van der Waals surface area contributed by atoms with E-state index in [4.69, 9.17) is 10.7 Å². The van der Waals surface area contributed by atoms with Crippen molar-refractivity contribution in [2.24, 2.45) is 5.73 Å². The van der Waals surface area contributed by atoms with Gasteiger partial charge in [-0.3, -0.25) is 4.57 Å². The fourth-order valence-electron chi connectivity index (χ4n) is 2.66. The molecular weight excluding hydrogens is 258 g/mol. The maximum atomic E-state index is 6.07. The van der Waals surface area contributed by atoms with Crippen molar-refractivity contribution in [2.45, 2.75) is 25.7 Å². The molecule has 0 aliphatic rings. The first-order chi connectivity index (χ1) is 10.2. The summed E-state index contributed by atoms with van der Waals surface area (Å²) >= 11 is 0. The van der Waals surface area contributed by atoms with Gasteiger partial charge < -0.3 is 5.73 Å². The molecule has 0 saturated heterocycles. The molecule has 21 heavy (non-hydrogen) atoms. The van der Waals surface area contributed by atoms with Gasteiger partial charge in [0.1, 0.15) is 5.82 Å². The molecule has 1 unspecified atom stereocenters. The summed E-state index contributed by atoms with van der Waals surface area (Å²) in [5.41, 5.74) is 9.22. The number of aromatic nitrogens is 2. The van der Waals surface area contributed by atoms with Crippen LogP contribution in [0.2, 0.25) is 0 Å². The van der Waals surface area contributed by atoms with E-state index in [9.17, 15) is 0 Å². The van der Waals surface area contributed by atoms with Crippen LogP contribution < -0.4 is 5.73 Å². The fourth-order valence-corrected chi connectivity index (χ4v) is 2.66. The van der Waals surface area contributed by atoms with Crippen molar-refractivity contribution in [3.63, 3.8) is 0 Å². The zero-order chi connectivity index (χ0) is 14.9. The summed E-state index contributed by atoms with van der Waals surface area (Å²) < 4.78 is 2.24.